The molecule has 0 amide bonds. The molecule has 0 N–H and O–H groups in total. The van der Waals surface area contributed by atoms with E-state index in [1.807, 2.05) is 0 Å². The zero-order valence-corrected chi connectivity index (χ0v) is 26.0. The molecule has 1 saturated carbocycles. The molecule has 2 aliphatic rings. The molecule has 1 aromatic rings. The van der Waals surface area contributed by atoms with Crippen molar-refractivity contribution in [2.75, 3.05) is 19.1 Å². The van der Waals surface area contributed by atoms with Gasteiger partial charge in [-0.15, -0.1) is 0 Å². The van der Waals surface area contributed by atoms with Crippen molar-refractivity contribution in [3.8, 4) is 5.75 Å². The Labute approximate surface area is 223 Å². The van der Waals surface area contributed by atoms with Crippen molar-refractivity contribution < 1.29 is 18.3 Å². The molecule has 2 unspecified atom stereocenters. The van der Waals surface area contributed by atoms with E-state index in [-0.39, 0.29) is 24.8 Å². The fourth-order valence-corrected chi connectivity index (χ4v) is 8.47. The Morgan fingerprint density at radius 2 is 1.72 bits per heavy atom. The lowest BCUT2D eigenvalue weighted by Crippen LogP contribution is -2.22. The molecule has 0 radical (unpaired) electrons. The standard InChI is InChI=1S/C30H50F2O2Si2/c1-4-22(2)6-5-18-35-20-33-21-36-19-17-34-28-16-15-27(29(31)30(28)32)26-13-11-25(12-14-26)24-9-7-23(3)8-10-24/h13,15-16,22-25H,4-12,14,17-21,35-36H2,1-3H3. The molecule has 0 aromatic heterocycles. The highest BCUT2D eigenvalue weighted by Crippen LogP contribution is 2.42. The summed E-state index contributed by atoms with van der Waals surface area (Å²) in [6, 6.07) is 5.64. The first-order valence-electron chi connectivity index (χ1n) is 14.9. The molecule has 3 rings (SSSR count). The summed E-state index contributed by atoms with van der Waals surface area (Å²) in [7, 11) is -0.454. The SMILES string of the molecule is CCC(C)CCC[SiH2]COC[SiH2]CCOc1ccc(C2=CCC(C3CCC(C)CC3)CC2)c(F)c1F. The average molecular weight is 537 g/mol. The summed E-state index contributed by atoms with van der Waals surface area (Å²) in [6.45, 7) is 7.40. The van der Waals surface area contributed by atoms with E-state index in [1.165, 1.54) is 51.0 Å². The number of hydrogen-bond acceptors (Lipinski definition) is 2. The average Bonchev–Trinajstić information content (AvgIpc) is 2.90. The van der Waals surface area contributed by atoms with Crippen LogP contribution in [0.5, 0.6) is 5.75 Å². The zero-order chi connectivity index (χ0) is 25.8. The van der Waals surface area contributed by atoms with Crippen molar-refractivity contribution in [3.05, 3.63) is 35.4 Å². The number of benzene rings is 1. The van der Waals surface area contributed by atoms with E-state index in [9.17, 15) is 8.78 Å². The Morgan fingerprint density at radius 3 is 2.42 bits per heavy atom. The topological polar surface area (TPSA) is 18.5 Å². The smallest absolute Gasteiger partial charge is 0.201 e. The molecule has 6 heteroatoms. The first-order valence-corrected chi connectivity index (χ1v) is 18.9. The maximum Gasteiger partial charge on any atom is 0.201 e. The minimum absolute atomic E-state index is 0.0468. The van der Waals surface area contributed by atoms with Crippen LogP contribution in [-0.4, -0.2) is 38.1 Å². The highest BCUT2D eigenvalue weighted by molar-refractivity contribution is 6.36. The summed E-state index contributed by atoms with van der Waals surface area (Å²) >= 11 is 0. The van der Waals surface area contributed by atoms with Gasteiger partial charge < -0.3 is 9.47 Å². The number of allylic oxidation sites excluding steroid dienone is 2. The summed E-state index contributed by atoms with van der Waals surface area (Å²) in [5, 5.41) is 0. The van der Waals surface area contributed by atoms with Crippen molar-refractivity contribution in [2.45, 2.75) is 97.1 Å². The van der Waals surface area contributed by atoms with Crippen LogP contribution < -0.4 is 4.74 Å². The molecule has 0 saturated heterocycles. The van der Waals surface area contributed by atoms with E-state index in [2.05, 4.69) is 26.8 Å². The largest absolute Gasteiger partial charge is 0.491 e. The maximum absolute atomic E-state index is 14.9. The van der Waals surface area contributed by atoms with Crippen molar-refractivity contribution in [1.82, 2.24) is 0 Å². The highest BCUT2D eigenvalue weighted by Gasteiger charge is 2.28. The van der Waals surface area contributed by atoms with E-state index < -0.39 is 11.6 Å². The monoisotopic (exact) mass is 536 g/mol. The van der Waals surface area contributed by atoms with Gasteiger partial charge in [-0.25, -0.2) is 4.39 Å². The molecule has 1 aromatic carbocycles. The summed E-state index contributed by atoms with van der Waals surface area (Å²) in [5.41, 5.74) is 1.39. The molecule has 0 bridgehead atoms. The van der Waals surface area contributed by atoms with Crippen molar-refractivity contribution >= 4 is 24.6 Å². The quantitative estimate of drug-likeness (QED) is 0.173. The van der Waals surface area contributed by atoms with Gasteiger partial charge in [0.2, 0.25) is 5.82 Å². The predicted octanol–water partition coefficient (Wildman–Crippen LogP) is 7.29. The summed E-state index contributed by atoms with van der Waals surface area (Å²) < 4.78 is 41.1. The third-order valence-electron chi connectivity index (χ3n) is 8.69. The Balaban J connectivity index is 1.33. The normalized spacial score (nSPS) is 24.0. The van der Waals surface area contributed by atoms with Crippen LogP contribution in [0.3, 0.4) is 0 Å². The Bertz CT molecular complexity index is 808. The van der Waals surface area contributed by atoms with Gasteiger partial charge in [0.1, 0.15) is 0 Å². The second-order valence-electron chi connectivity index (χ2n) is 11.6. The zero-order valence-electron chi connectivity index (χ0n) is 23.1. The van der Waals surface area contributed by atoms with Gasteiger partial charge >= 0.3 is 0 Å². The minimum Gasteiger partial charge on any atom is -0.491 e. The molecule has 204 valence electrons. The summed E-state index contributed by atoms with van der Waals surface area (Å²) in [6.07, 6.45) is 16.3. The van der Waals surface area contributed by atoms with Crippen molar-refractivity contribution in [1.29, 1.82) is 0 Å². The van der Waals surface area contributed by atoms with Crippen LogP contribution in [-0.2, 0) is 4.74 Å². The van der Waals surface area contributed by atoms with Gasteiger partial charge in [-0.1, -0.05) is 65.0 Å². The van der Waals surface area contributed by atoms with E-state index in [4.69, 9.17) is 9.47 Å². The molecule has 2 atom stereocenters. The van der Waals surface area contributed by atoms with Crippen LogP contribution in [0.1, 0.15) is 90.5 Å². The molecule has 2 nitrogen and oxygen atoms in total. The number of rotatable bonds is 15. The highest BCUT2D eigenvalue weighted by atomic mass is 28.2. The van der Waals surface area contributed by atoms with Crippen LogP contribution in [0.4, 0.5) is 8.78 Å². The van der Waals surface area contributed by atoms with Gasteiger partial charge in [-0.05, 0) is 79.5 Å². The van der Waals surface area contributed by atoms with Crippen molar-refractivity contribution in [3.63, 3.8) is 0 Å². The van der Waals surface area contributed by atoms with Crippen LogP contribution in [0.15, 0.2) is 18.2 Å². The lowest BCUT2D eigenvalue weighted by Gasteiger charge is -2.34. The van der Waals surface area contributed by atoms with Crippen LogP contribution in [0.2, 0.25) is 12.1 Å². The van der Waals surface area contributed by atoms with Gasteiger partial charge in [0, 0.05) is 18.0 Å². The molecule has 36 heavy (non-hydrogen) atoms. The van der Waals surface area contributed by atoms with Gasteiger partial charge in [0.15, 0.2) is 11.6 Å². The van der Waals surface area contributed by atoms with E-state index in [0.717, 1.165) is 61.1 Å². The van der Waals surface area contributed by atoms with E-state index in [0.29, 0.717) is 18.1 Å². The third-order valence-corrected chi connectivity index (χ3v) is 11.6. The lowest BCUT2D eigenvalue weighted by molar-refractivity contribution is 0.202. The fourth-order valence-electron chi connectivity index (χ4n) is 5.84. The van der Waals surface area contributed by atoms with Gasteiger partial charge in [0.05, 0.1) is 25.6 Å². The Hall–Kier alpha value is -0.986. The molecule has 0 aliphatic heterocycles. The van der Waals surface area contributed by atoms with E-state index in [1.54, 1.807) is 12.1 Å². The Morgan fingerprint density at radius 1 is 0.972 bits per heavy atom. The fraction of sp³-hybridized carbons (Fsp3) is 0.733. The number of halogens is 2. The van der Waals surface area contributed by atoms with E-state index >= 15 is 0 Å². The first-order chi connectivity index (χ1) is 17.5. The lowest BCUT2D eigenvalue weighted by atomic mass is 9.71. The molecule has 0 heterocycles. The predicted molar refractivity (Wildman–Crippen MR) is 155 cm³/mol. The molecule has 0 spiro atoms. The van der Waals surface area contributed by atoms with Crippen LogP contribution in [0.25, 0.3) is 5.57 Å². The number of hydrogen-bond donors (Lipinski definition) is 0. The van der Waals surface area contributed by atoms with Gasteiger partial charge in [-0.3, -0.25) is 0 Å². The van der Waals surface area contributed by atoms with Gasteiger partial charge in [0.25, 0.3) is 0 Å². The molecule has 1 fully saturated rings. The summed E-state index contributed by atoms with van der Waals surface area (Å²) in [5.74, 6) is 1.71. The van der Waals surface area contributed by atoms with Crippen LogP contribution >= 0.6 is 0 Å². The first kappa shape index (κ1) is 29.6. The van der Waals surface area contributed by atoms with Crippen LogP contribution in [0, 0.1) is 35.3 Å². The van der Waals surface area contributed by atoms with Crippen molar-refractivity contribution in [2.24, 2.45) is 23.7 Å². The second kappa shape index (κ2) is 16.1. The molecular weight excluding hydrogens is 486 g/mol. The Kier molecular flexibility index (Phi) is 13.2. The second-order valence-corrected chi connectivity index (χ2v) is 15.2. The molecular formula is C30H50F2O2Si2. The maximum atomic E-state index is 14.9. The third kappa shape index (κ3) is 9.39. The summed E-state index contributed by atoms with van der Waals surface area (Å²) in [4.78, 5) is 0. The number of ether oxygens (including phenoxy) is 2. The molecule has 2 aliphatic carbocycles. The van der Waals surface area contributed by atoms with Gasteiger partial charge in [-0.2, -0.15) is 4.39 Å². The minimum atomic E-state index is -0.835.